The Kier molecular flexibility index (Phi) is 3.32. The van der Waals surface area contributed by atoms with Gasteiger partial charge in [0.05, 0.1) is 0 Å². The molecule has 1 amide bonds. The monoisotopic (exact) mass is 245 g/mol. The Labute approximate surface area is 104 Å². The average molecular weight is 245 g/mol. The minimum Gasteiger partial charge on any atom is -0.385 e. The standard InChI is InChI=1S/C13H15N3O2/c14-11-8-9-4-1-2-5-10(9)13(18)16(11)7-3-6-12(15)17/h1-2,4-5,8H,3,6-7,14H2,(H2,15,17). The number of amides is 1. The molecule has 4 N–H and O–H groups in total. The Balaban J connectivity index is 2.38. The van der Waals surface area contributed by atoms with Crippen molar-refractivity contribution in [2.24, 2.45) is 5.73 Å². The molecule has 0 radical (unpaired) electrons. The molecule has 0 spiro atoms. The molecule has 18 heavy (non-hydrogen) atoms. The average Bonchev–Trinajstić information content (AvgIpc) is 2.33. The number of hydrogen-bond acceptors (Lipinski definition) is 3. The number of pyridine rings is 1. The summed E-state index contributed by atoms with van der Waals surface area (Å²) in [5.41, 5.74) is 10.8. The van der Waals surface area contributed by atoms with Crippen LogP contribution in [0.4, 0.5) is 5.82 Å². The Morgan fingerprint density at radius 2 is 2.00 bits per heavy atom. The molecule has 0 fully saturated rings. The van der Waals surface area contributed by atoms with Gasteiger partial charge in [-0.1, -0.05) is 18.2 Å². The van der Waals surface area contributed by atoms with E-state index in [1.54, 1.807) is 12.1 Å². The fourth-order valence-electron chi connectivity index (χ4n) is 1.96. The van der Waals surface area contributed by atoms with Gasteiger partial charge >= 0.3 is 0 Å². The summed E-state index contributed by atoms with van der Waals surface area (Å²) in [7, 11) is 0. The van der Waals surface area contributed by atoms with Gasteiger partial charge in [0.2, 0.25) is 5.91 Å². The van der Waals surface area contributed by atoms with Crippen LogP contribution >= 0.6 is 0 Å². The van der Waals surface area contributed by atoms with Gasteiger partial charge in [-0.15, -0.1) is 0 Å². The summed E-state index contributed by atoms with van der Waals surface area (Å²) in [5, 5.41) is 1.46. The van der Waals surface area contributed by atoms with Gasteiger partial charge in [0.25, 0.3) is 5.56 Å². The molecule has 5 heteroatoms. The van der Waals surface area contributed by atoms with Crippen molar-refractivity contribution in [1.29, 1.82) is 0 Å². The van der Waals surface area contributed by atoms with Gasteiger partial charge in [0.15, 0.2) is 0 Å². The lowest BCUT2D eigenvalue weighted by atomic mass is 10.1. The zero-order valence-electron chi connectivity index (χ0n) is 9.93. The minimum absolute atomic E-state index is 0.130. The van der Waals surface area contributed by atoms with Gasteiger partial charge in [-0.2, -0.15) is 0 Å². The van der Waals surface area contributed by atoms with Crippen LogP contribution in [0.5, 0.6) is 0 Å². The van der Waals surface area contributed by atoms with Crippen LogP contribution in [0, 0.1) is 0 Å². The predicted molar refractivity (Wildman–Crippen MR) is 71.0 cm³/mol. The largest absolute Gasteiger partial charge is 0.385 e. The van der Waals surface area contributed by atoms with E-state index in [2.05, 4.69) is 0 Å². The first-order valence-electron chi connectivity index (χ1n) is 5.76. The maximum Gasteiger partial charge on any atom is 0.259 e. The van der Waals surface area contributed by atoms with Crippen molar-refractivity contribution < 1.29 is 4.79 Å². The second kappa shape index (κ2) is 4.91. The van der Waals surface area contributed by atoms with E-state index < -0.39 is 0 Å². The molecule has 1 heterocycles. The number of rotatable bonds is 4. The molecule has 0 saturated carbocycles. The summed E-state index contributed by atoms with van der Waals surface area (Å²) in [6.45, 7) is 0.401. The number of primary amides is 1. The van der Waals surface area contributed by atoms with Crippen LogP contribution in [0.2, 0.25) is 0 Å². The molecule has 0 aliphatic carbocycles. The van der Waals surface area contributed by atoms with E-state index >= 15 is 0 Å². The van der Waals surface area contributed by atoms with E-state index in [9.17, 15) is 9.59 Å². The highest BCUT2D eigenvalue weighted by Gasteiger charge is 2.06. The first-order valence-corrected chi connectivity index (χ1v) is 5.76. The summed E-state index contributed by atoms with van der Waals surface area (Å²) < 4.78 is 1.48. The number of fused-ring (bicyclic) bond motifs is 1. The zero-order valence-corrected chi connectivity index (χ0v) is 9.93. The summed E-state index contributed by atoms with van der Waals surface area (Å²) in [6, 6.07) is 9.05. The predicted octanol–water partition coefficient (Wildman–Crippen LogP) is 0.849. The Morgan fingerprint density at radius 1 is 1.28 bits per heavy atom. The van der Waals surface area contributed by atoms with E-state index in [1.807, 2.05) is 18.2 Å². The topological polar surface area (TPSA) is 91.1 Å². The SMILES string of the molecule is NC(=O)CCCn1c(N)cc2ccccc2c1=O. The van der Waals surface area contributed by atoms with Crippen molar-refractivity contribution in [3.05, 3.63) is 40.7 Å². The van der Waals surface area contributed by atoms with E-state index in [1.165, 1.54) is 4.57 Å². The number of hydrogen-bond donors (Lipinski definition) is 2. The van der Waals surface area contributed by atoms with E-state index in [0.29, 0.717) is 24.2 Å². The highest BCUT2D eigenvalue weighted by atomic mass is 16.1. The summed E-state index contributed by atoms with van der Waals surface area (Å²) in [6.07, 6.45) is 0.760. The molecule has 0 saturated heterocycles. The fourth-order valence-corrected chi connectivity index (χ4v) is 1.96. The van der Waals surface area contributed by atoms with Crippen LogP contribution in [0.3, 0.4) is 0 Å². The molecule has 0 aliphatic heterocycles. The van der Waals surface area contributed by atoms with Crippen molar-refractivity contribution >= 4 is 22.5 Å². The number of benzene rings is 1. The lowest BCUT2D eigenvalue weighted by molar-refractivity contribution is -0.118. The Bertz CT molecular complexity index is 646. The van der Waals surface area contributed by atoms with E-state index in [0.717, 1.165) is 5.39 Å². The van der Waals surface area contributed by atoms with Gasteiger partial charge in [-0.3, -0.25) is 14.2 Å². The normalized spacial score (nSPS) is 10.7. The van der Waals surface area contributed by atoms with Gasteiger partial charge in [-0.25, -0.2) is 0 Å². The number of carbonyl (C=O) groups is 1. The molecular weight excluding hydrogens is 230 g/mol. The third-order valence-corrected chi connectivity index (χ3v) is 2.86. The van der Waals surface area contributed by atoms with E-state index in [4.69, 9.17) is 11.5 Å². The smallest absolute Gasteiger partial charge is 0.259 e. The summed E-state index contributed by atoms with van der Waals surface area (Å²) in [5.74, 6) is 0.0329. The zero-order chi connectivity index (χ0) is 13.1. The first kappa shape index (κ1) is 12.2. The Hall–Kier alpha value is -2.30. The van der Waals surface area contributed by atoms with Gasteiger partial charge in [0, 0.05) is 18.4 Å². The van der Waals surface area contributed by atoms with Crippen molar-refractivity contribution in [3.63, 3.8) is 0 Å². The van der Waals surface area contributed by atoms with Gasteiger partial charge in [-0.05, 0) is 23.9 Å². The number of nitrogens with two attached hydrogens (primary N) is 2. The molecule has 2 rings (SSSR count). The van der Waals surface area contributed by atoms with Crippen molar-refractivity contribution in [3.8, 4) is 0 Å². The molecule has 1 aromatic heterocycles. The van der Waals surface area contributed by atoms with Gasteiger partial charge in [0.1, 0.15) is 5.82 Å². The van der Waals surface area contributed by atoms with Crippen LogP contribution in [-0.2, 0) is 11.3 Å². The minimum atomic E-state index is -0.373. The van der Waals surface area contributed by atoms with Crippen molar-refractivity contribution in [1.82, 2.24) is 4.57 Å². The molecule has 0 atom stereocenters. The van der Waals surface area contributed by atoms with Crippen molar-refractivity contribution in [2.75, 3.05) is 5.73 Å². The molecule has 94 valence electrons. The summed E-state index contributed by atoms with van der Waals surface area (Å²) >= 11 is 0. The number of aromatic nitrogens is 1. The number of nitrogen functional groups attached to an aromatic ring is 1. The molecule has 0 unspecified atom stereocenters. The molecule has 2 aromatic rings. The van der Waals surface area contributed by atoms with Crippen LogP contribution in [-0.4, -0.2) is 10.5 Å². The Morgan fingerprint density at radius 3 is 2.72 bits per heavy atom. The lowest BCUT2D eigenvalue weighted by Gasteiger charge is -2.10. The van der Waals surface area contributed by atoms with Crippen LogP contribution in [0.1, 0.15) is 12.8 Å². The van der Waals surface area contributed by atoms with Crippen LogP contribution in [0.25, 0.3) is 10.8 Å². The number of anilines is 1. The van der Waals surface area contributed by atoms with Crippen LogP contribution in [0.15, 0.2) is 35.1 Å². The molecule has 0 bridgehead atoms. The van der Waals surface area contributed by atoms with E-state index in [-0.39, 0.29) is 17.9 Å². The quantitative estimate of drug-likeness (QED) is 0.836. The highest BCUT2D eigenvalue weighted by molar-refractivity contribution is 5.83. The highest BCUT2D eigenvalue weighted by Crippen LogP contribution is 2.13. The van der Waals surface area contributed by atoms with Crippen LogP contribution < -0.4 is 17.0 Å². The third-order valence-electron chi connectivity index (χ3n) is 2.86. The number of nitrogens with zero attached hydrogens (tertiary/aromatic N) is 1. The van der Waals surface area contributed by atoms with Crippen molar-refractivity contribution in [2.45, 2.75) is 19.4 Å². The molecular formula is C13H15N3O2. The molecule has 1 aromatic carbocycles. The molecule has 0 aliphatic rings. The maximum absolute atomic E-state index is 12.2. The fraction of sp³-hybridized carbons (Fsp3) is 0.231. The summed E-state index contributed by atoms with van der Waals surface area (Å²) in [4.78, 5) is 22.9. The second-order valence-corrected chi connectivity index (χ2v) is 4.18. The molecule has 5 nitrogen and oxygen atoms in total. The third kappa shape index (κ3) is 2.34. The first-order chi connectivity index (χ1) is 8.59. The van der Waals surface area contributed by atoms with Gasteiger partial charge < -0.3 is 11.5 Å². The lowest BCUT2D eigenvalue weighted by Crippen LogP contribution is -2.24. The number of carbonyl (C=O) groups excluding carboxylic acids is 1. The second-order valence-electron chi connectivity index (χ2n) is 4.18. The maximum atomic E-state index is 12.2.